The van der Waals surface area contributed by atoms with Crippen LogP contribution in [0.1, 0.15) is 111 Å². The first kappa shape index (κ1) is 25.1. The molecular formula is C30H50O4. The van der Waals surface area contributed by atoms with E-state index in [-0.39, 0.29) is 12.3 Å². The van der Waals surface area contributed by atoms with Crippen molar-refractivity contribution in [3.8, 4) is 0 Å². The zero-order valence-electron chi connectivity index (χ0n) is 22.4. The third-order valence-electron chi connectivity index (χ3n) is 11.8. The van der Waals surface area contributed by atoms with E-state index < -0.39 is 0 Å². The van der Waals surface area contributed by atoms with Gasteiger partial charge in [0.15, 0.2) is 6.29 Å². The Hall–Kier alpha value is -0.610. The van der Waals surface area contributed by atoms with Gasteiger partial charge in [-0.05, 0) is 117 Å². The second kappa shape index (κ2) is 10.0. The van der Waals surface area contributed by atoms with Crippen LogP contribution in [0.5, 0.6) is 0 Å². The van der Waals surface area contributed by atoms with E-state index in [9.17, 15) is 4.79 Å². The van der Waals surface area contributed by atoms with Crippen LogP contribution in [0.4, 0.5) is 0 Å². The summed E-state index contributed by atoms with van der Waals surface area (Å²) in [6.07, 6.45) is 17.7. The Bertz CT molecular complexity index is 717. The molecule has 4 aliphatic carbocycles. The normalized spacial score (nSPS) is 47.2. The number of carbonyl (C=O) groups excluding carboxylic acids is 1. The standard InChI is InChI=1S/C30H50O4/c1-20(11-14-26(31)32-4)22-12-13-23-28-24(15-17-30(22,23)3)29(2)16-7-5-9-21(29)19-25(28)34-27-10-6-8-18-33-27/h20-25,27-28H,5-19H2,1-4H3/t20-,21?,22?,23?,24?,25?,27?,28?,29+,30-/m1/s1. The van der Waals surface area contributed by atoms with E-state index in [0.29, 0.717) is 41.1 Å². The van der Waals surface area contributed by atoms with Gasteiger partial charge in [0.2, 0.25) is 0 Å². The van der Waals surface area contributed by atoms with Crippen LogP contribution in [0.2, 0.25) is 0 Å². The van der Waals surface area contributed by atoms with Crippen molar-refractivity contribution >= 4 is 5.97 Å². The first-order valence-electron chi connectivity index (χ1n) is 14.7. The second-order valence-electron chi connectivity index (χ2n) is 13.3. The third-order valence-corrected chi connectivity index (χ3v) is 11.8. The minimum absolute atomic E-state index is 0.0247. The number of hydrogen-bond acceptors (Lipinski definition) is 4. The minimum Gasteiger partial charge on any atom is -0.469 e. The molecule has 0 N–H and O–H groups in total. The van der Waals surface area contributed by atoms with Crippen molar-refractivity contribution in [2.24, 2.45) is 46.3 Å². The van der Waals surface area contributed by atoms with Gasteiger partial charge in [-0.1, -0.05) is 33.6 Å². The van der Waals surface area contributed by atoms with Crippen molar-refractivity contribution in [2.45, 2.75) is 123 Å². The lowest BCUT2D eigenvalue weighted by atomic mass is 9.44. The molecule has 10 atom stereocenters. The van der Waals surface area contributed by atoms with Crippen LogP contribution < -0.4 is 0 Å². The van der Waals surface area contributed by atoms with E-state index in [2.05, 4.69) is 20.8 Å². The molecule has 194 valence electrons. The molecule has 1 heterocycles. The van der Waals surface area contributed by atoms with Crippen LogP contribution in [0.15, 0.2) is 0 Å². The summed E-state index contributed by atoms with van der Waals surface area (Å²) in [4.78, 5) is 11.8. The van der Waals surface area contributed by atoms with Crippen LogP contribution in [0.3, 0.4) is 0 Å². The topological polar surface area (TPSA) is 44.8 Å². The number of carbonyl (C=O) groups is 1. The van der Waals surface area contributed by atoms with E-state index in [4.69, 9.17) is 14.2 Å². The lowest BCUT2D eigenvalue weighted by molar-refractivity contribution is -0.248. The number of esters is 1. The first-order chi connectivity index (χ1) is 16.4. The minimum atomic E-state index is -0.0558. The predicted octanol–water partition coefficient (Wildman–Crippen LogP) is 7.15. The molecule has 0 amide bonds. The molecule has 0 bridgehead atoms. The number of ether oxygens (including phenoxy) is 3. The van der Waals surface area contributed by atoms with Gasteiger partial charge in [0.25, 0.3) is 0 Å². The molecule has 0 aromatic rings. The quantitative estimate of drug-likeness (QED) is 0.303. The van der Waals surface area contributed by atoms with Crippen molar-refractivity contribution in [3.63, 3.8) is 0 Å². The molecule has 5 rings (SSSR count). The van der Waals surface area contributed by atoms with Gasteiger partial charge in [-0.2, -0.15) is 0 Å². The lowest BCUT2D eigenvalue weighted by Gasteiger charge is -2.63. The average Bonchev–Trinajstić information content (AvgIpc) is 3.20. The molecule has 0 aromatic carbocycles. The maximum Gasteiger partial charge on any atom is 0.305 e. The molecule has 1 saturated heterocycles. The van der Waals surface area contributed by atoms with Crippen molar-refractivity contribution in [3.05, 3.63) is 0 Å². The summed E-state index contributed by atoms with van der Waals surface area (Å²) >= 11 is 0. The van der Waals surface area contributed by atoms with Gasteiger partial charge in [0, 0.05) is 13.0 Å². The Morgan fingerprint density at radius 2 is 1.76 bits per heavy atom. The van der Waals surface area contributed by atoms with Crippen molar-refractivity contribution in [2.75, 3.05) is 13.7 Å². The average molecular weight is 475 g/mol. The number of fused-ring (bicyclic) bond motifs is 5. The van der Waals surface area contributed by atoms with Gasteiger partial charge < -0.3 is 14.2 Å². The first-order valence-corrected chi connectivity index (χ1v) is 14.7. The molecule has 4 heteroatoms. The van der Waals surface area contributed by atoms with Gasteiger partial charge in [-0.3, -0.25) is 4.79 Å². The highest BCUT2D eigenvalue weighted by Crippen LogP contribution is 2.68. The van der Waals surface area contributed by atoms with Crippen LogP contribution in [-0.2, 0) is 19.0 Å². The summed E-state index contributed by atoms with van der Waals surface area (Å²) < 4.78 is 18.0. The largest absolute Gasteiger partial charge is 0.469 e. The molecule has 34 heavy (non-hydrogen) atoms. The summed E-state index contributed by atoms with van der Waals surface area (Å²) in [5.41, 5.74) is 0.885. The maximum absolute atomic E-state index is 11.8. The highest BCUT2D eigenvalue weighted by Gasteiger charge is 2.63. The Morgan fingerprint density at radius 1 is 0.971 bits per heavy atom. The maximum atomic E-state index is 11.8. The highest BCUT2D eigenvalue weighted by atomic mass is 16.7. The monoisotopic (exact) mass is 474 g/mol. The lowest BCUT2D eigenvalue weighted by Crippen LogP contribution is -2.59. The predicted molar refractivity (Wildman–Crippen MR) is 134 cm³/mol. The van der Waals surface area contributed by atoms with E-state index in [1.807, 2.05) is 0 Å². The summed E-state index contributed by atoms with van der Waals surface area (Å²) in [5.74, 6) is 4.31. The smallest absolute Gasteiger partial charge is 0.305 e. The van der Waals surface area contributed by atoms with Gasteiger partial charge in [-0.25, -0.2) is 0 Å². The molecule has 4 nitrogen and oxygen atoms in total. The Kier molecular flexibility index (Phi) is 7.40. The zero-order chi connectivity index (χ0) is 23.9. The van der Waals surface area contributed by atoms with E-state index in [1.54, 1.807) is 0 Å². The Balaban J connectivity index is 1.39. The van der Waals surface area contributed by atoms with Crippen LogP contribution in [-0.4, -0.2) is 32.1 Å². The van der Waals surface area contributed by atoms with E-state index in [0.717, 1.165) is 37.2 Å². The molecular weight excluding hydrogens is 424 g/mol. The van der Waals surface area contributed by atoms with E-state index in [1.165, 1.54) is 77.7 Å². The van der Waals surface area contributed by atoms with Gasteiger partial charge in [0.05, 0.1) is 13.2 Å². The number of hydrogen-bond donors (Lipinski definition) is 0. The van der Waals surface area contributed by atoms with Crippen LogP contribution in [0, 0.1) is 46.3 Å². The van der Waals surface area contributed by atoms with Crippen LogP contribution >= 0.6 is 0 Å². The molecule has 1 aliphatic heterocycles. The van der Waals surface area contributed by atoms with Gasteiger partial charge in [0.1, 0.15) is 0 Å². The molecule has 5 fully saturated rings. The van der Waals surface area contributed by atoms with Crippen molar-refractivity contribution < 1.29 is 19.0 Å². The Morgan fingerprint density at radius 3 is 2.53 bits per heavy atom. The Labute approximate surface area is 208 Å². The fraction of sp³-hybridized carbons (Fsp3) is 0.967. The molecule has 5 aliphatic rings. The third kappa shape index (κ3) is 4.38. The van der Waals surface area contributed by atoms with Crippen molar-refractivity contribution in [1.82, 2.24) is 0 Å². The van der Waals surface area contributed by atoms with E-state index >= 15 is 0 Å². The summed E-state index contributed by atoms with van der Waals surface area (Å²) in [7, 11) is 1.51. The van der Waals surface area contributed by atoms with Crippen molar-refractivity contribution in [1.29, 1.82) is 0 Å². The molecule has 0 spiro atoms. The second-order valence-corrected chi connectivity index (χ2v) is 13.3. The molecule has 0 radical (unpaired) electrons. The zero-order valence-corrected chi connectivity index (χ0v) is 22.4. The SMILES string of the molecule is COC(=O)CC[C@@H](C)C1CCC2C3C(OC4CCCCO4)CC4CCCC[C@]4(C)C3CC[C@@]21C. The highest BCUT2D eigenvalue weighted by molar-refractivity contribution is 5.69. The molecule has 0 aromatic heterocycles. The van der Waals surface area contributed by atoms with Gasteiger partial charge in [-0.15, -0.1) is 0 Å². The summed E-state index contributed by atoms with van der Waals surface area (Å²) in [5, 5.41) is 0. The summed E-state index contributed by atoms with van der Waals surface area (Å²) in [6.45, 7) is 8.55. The molecule has 7 unspecified atom stereocenters. The summed E-state index contributed by atoms with van der Waals surface area (Å²) in [6, 6.07) is 0. The number of rotatable bonds is 6. The van der Waals surface area contributed by atoms with Gasteiger partial charge >= 0.3 is 5.97 Å². The number of methoxy groups -OCH3 is 1. The fourth-order valence-corrected chi connectivity index (χ4v) is 10.0. The molecule has 4 saturated carbocycles. The fourth-order valence-electron chi connectivity index (χ4n) is 10.0. The van der Waals surface area contributed by atoms with Crippen LogP contribution in [0.25, 0.3) is 0 Å².